The first-order valence-corrected chi connectivity index (χ1v) is 8.99. The first-order valence-electron chi connectivity index (χ1n) is 7.10. The summed E-state index contributed by atoms with van der Waals surface area (Å²) in [5.74, 6) is -0.359. The Hall–Kier alpha value is -2.36. The number of rotatable bonds is 5. The van der Waals surface area contributed by atoms with Gasteiger partial charge in [0, 0.05) is 31.3 Å². The molecule has 2 aromatic rings. The molecule has 0 fully saturated rings. The number of nitrogens with zero attached hydrogens (tertiary/aromatic N) is 3. The quantitative estimate of drug-likeness (QED) is 0.803. The van der Waals surface area contributed by atoms with Gasteiger partial charge in [0.2, 0.25) is 0 Å². The molecule has 1 amide bonds. The molecule has 0 spiro atoms. The number of amides is 1. The predicted octanol–water partition coefficient (Wildman–Crippen LogP) is 2.12. The molecule has 0 saturated carbocycles. The van der Waals surface area contributed by atoms with Gasteiger partial charge in [0.25, 0.3) is 5.91 Å². The topological polar surface area (TPSA) is 72.3 Å². The van der Waals surface area contributed by atoms with Crippen LogP contribution >= 0.6 is 0 Å². The van der Waals surface area contributed by atoms with Gasteiger partial charge in [-0.15, -0.1) is 0 Å². The van der Waals surface area contributed by atoms with Crippen LogP contribution in [0.2, 0.25) is 0 Å². The van der Waals surface area contributed by atoms with E-state index in [0.717, 1.165) is 10.8 Å². The second-order valence-corrected chi connectivity index (χ2v) is 7.56. The molecule has 0 radical (unpaired) electrons. The summed E-state index contributed by atoms with van der Waals surface area (Å²) in [6, 6.07) is 5.33. The third kappa shape index (κ3) is 5.05. The third-order valence-corrected chi connectivity index (χ3v) is 4.53. The van der Waals surface area contributed by atoms with Crippen LogP contribution in [0.5, 0.6) is 0 Å². The highest BCUT2D eigenvalue weighted by atomic mass is 32.2. The smallest absolute Gasteiger partial charge is 0.334 e. The lowest BCUT2D eigenvalue weighted by Gasteiger charge is -2.18. The van der Waals surface area contributed by atoms with Crippen molar-refractivity contribution in [3.8, 4) is 0 Å². The lowest BCUT2D eigenvalue weighted by molar-refractivity contribution is -0.141. The Balaban J connectivity index is 2.12. The van der Waals surface area contributed by atoms with E-state index in [1.165, 1.54) is 48.6 Å². The standard InChI is InChI=1S/C15H16F3N3O3S/c1-20(9-13-19-7-8-21(13)10-15(16,17)18)14(22)11-3-5-12(6-4-11)25(2,23)24/h3-8H,9-10H2,1-2H3. The number of carbonyl (C=O) groups excluding carboxylic acids is 1. The Morgan fingerprint density at radius 2 is 1.84 bits per heavy atom. The maximum Gasteiger partial charge on any atom is 0.406 e. The molecule has 2 rings (SSSR count). The van der Waals surface area contributed by atoms with Gasteiger partial charge in [-0.05, 0) is 24.3 Å². The molecule has 0 aliphatic heterocycles. The van der Waals surface area contributed by atoms with E-state index in [9.17, 15) is 26.4 Å². The molecule has 1 aromatic heterocycles. The van der Waals surface area contributed by atoms with E-state index in [0.29, 0.717) is 0 Å². The van der Waals surface area contributed by atoms with Crippen molar-refractivity contribution in [1.82, 2.24) is 14.5 Å². The number of sulfone groups is 1. The van der Waals surface area contributed by atoms with E-state index >= 15 is 0 Å². The van der Waals surface area contributed by atoms with Gasteiger partial charge in [-0.3, -0.25) is 4.79 Å². The molecule has 6 nitrogen and oxygen atoms in total. The van der Waals surface area contributed by atoms with Gasteiger partial charge in [0.1, 0.15) is 12.4 Å². The molecule has 0 aliphatic carbocycles. The Morgan fingerprint density at radius 1 is 1.24 bits per heavy atom. The van der Waals surface area contributed by atoms with Gasteiger partial charge in [0.15, 0.2) is 9.84 Å². The maximum absolute atomic E-state index is 12.5. The van der Waals surface area contributed by atoms with E-state index in [4.69, 9.17) is 0 Å². The lowest BCUT2D eigenvalue weighted by Crippen LogP contribution is -2.29. The Kier molecular flexibility index (Phi) is 5.21. The van der Waals surface area contributed by atoms with Gasteiger partial charge >= 0.3 is 6.18 Å². The summed E-state index contributed by atoms with van der Waals surface area (Å²) in [4.78, 5) is 17.5. The minimum absolute atomic E-state index is 0.0763. The highest BCUT2D eigenvalue weighted by Crippen LogP contribution is 2.19. The number of hydrogen-bond acceptors (Lipinski definition) is 4. The minimum atomic E-state index is -4.39. The molecule has 0 N–H and O–H groups in total. The number of imidazole rings is 1. The van der Waals surface area contributed by atoms with Crippen LogP contribution in [-0.2, 0) is 22.9 Å². The summed E-state index contributed by atoms with van der Waals surface area (Å²) in [5, 5.41) is 0. The number of benzene rings is 1. The summed E-state index contributed by atoms with van der Waals surface area (Å²) in [6.07, 6.45) is -0.904. The highest BCUT2D eigenvalue weighted by molar-refractivity contribution is 7.90. The van der Waals surface area contributed by atoms with Crippen LogP contribution in [0.1, 0.15) is 16.2 Å². The van der Waals surface area contributed by atoms with E-state index in [1.54, 1.807) is 0 Å². The number of carbonyl (C=O) groups is 1. The second-order valence-electron chi connectivity index (χ2n) is 5.54. The fourth-order valence-electron chi connectivity index (χ4n) is 2.18. The van der Waals surface area contributed by atoms with E-state index < -0.39 is 28.5 Å². The minimum Gasteiger partial charge on any atom is -0.334 e. The molecule has 25 heavy (non-hydrogen) atoms. The van der Waals surface area contributed by atoms with Crippen LogP contribution in [0.3, 0.4) is 0 Å². The van der Waals surface area contributed by atoms with Crippen molar-refractivity contribution in [2.45, 2.75) is 24.2 Å². The molecular weight excluding hydrogens is 359 g/mol. The molecule has 0 saturated heterocycles. The van der Waals surface area contributed by atoms with Crippen molar-refractivity contribution in [3.63, 3.8) is 0 Å². The average molecular weight is 375 g/mol. The fourth-order valence-corrected chi connectivity index (χ4v) is 2.81. The van der Waals surface area contributed by atoms with Crippen LogP contribution in [0.4, 0.5) is 13.2 Å². The van der Waals surface area contributed by atoms with Gasteiger partial charge in [-0.1, -0.05) is 0 Å². The summed E-state index contributed by atoms with van der Waals surface area (Å²) < 4.78 is 61.3. The van der Waals surface area contributed by atoms with Gasteiger partial charge in [0.05, 0.1) is 11.4 Å². The Bertz CT molecular complexity index is 858. The van der Waals surface area contributed by atoms with Gasteiger partial charge in [-0.25, -0.2) is 13.4 Å². The van der Waals surface area contributed by atoms with Gasteiger partial charge < -0.3 is 9.47 Å². The summed E-state index contributed by atoms with van der Waals surface area (Å²) in [6.45, 7) is -1.30. The SMILES string of the molecule is CN(Cc1nccn1CC(F)(F)F)C(=O)c1ccc(S(C)(=O)=O)cc1. The zero-order valence-corrected chi connectivity index (χ0v) is 14.3. The zero-order valence-electron chi connectivity index (χ0n) is 13.5. The van der Waals surface area contributed by atoms with E-state index in [-0.39, 0.29) is 22.8 Å². The Labute approximate surface area is 142 Å². The van der Waals surface area contributed by atoms with Crippen LogP contribution in [-0.4, -0.2) is 48.3 Å². The average Bonchev–Trinajstić information content (AvgIpc) is 2.90. The van der Waals surface area contributed by atoms with Crippen molar-refractivity contribution in [2.75, 3.05) is 13.3 Å². The lowest BCUT2D eigenvalue weighted by atomic mass is 10.2. The van der Waals surface area contributed by atoms with Crippen LogP contribution in [0, 0.1) is 0 Å². The molecule has 0 aliphatic rings. The number of hydrogen-bond donors (Lipinski definition) is 0. The molecule has 0 unspecified atom stereocenters. The molecule has 136 valence electrons. The maximum atomic E-state index is 12.5. The highest BCUT2D eigenvalue weighted by Gasteiger charge is 2.29. The predicted molar refractivity (Wildman–Crippen MR) is 83.6 cm³/mol. The molecule has 1 aromatic carbocycles. The zero-order chi connectivity index (χ0) is 18.8. The van der Waals surface area contributed by atoms with Gasteiger partial charge in [-0.2, -0.15) is 13.2 Å². The monoisotopic (exact) mass is 375 g/mol. The van der Waals surface area contributed by atoms with Crippen molar-refractivity contribution in [1.29, 1.82) is 0 Å². The first kappa shape index (κ1) is 19.0. The molecule has 0 bridgehead atoms. The van der Waals surface area contributed by atoms with Crippen molar-refractivity contribution < 1.29 is 26.4 Å². The largest absolute Gasteiger partial charge is 0.406 e. The molecular formula is C15H16F3N3O3S. The van der Waals surface area contributed by atoms with Crippen LogP contribution < -0.4 is 0 Å². The summed E-state index contributed by atoms with van der Waals surface area (Å²) in [7, 11) is -1.94. The number of aromatic nitrogens is 2. The molecule has 0 atom stereocenters. The third-order valence-electron chi connectivity index (χ3n) is 3.41. The van der Waals surface area contributed by atoms with E-state index in [2.05, 4.69) is 4.98 Å². The van der Waals surface area contributed by atoms with Crippen LogP contribution in [0.15, 0.2) is 41.6 Å². The molecule has 1 heterocycles. The number of halogens is 3. The summed E-state index contributed by atoms with van der Waals surface area (Å²) in [5.41, 5.74) is 0.226. The normalized spacial score (nSPS) is 12.2. The fraction of sp³-hybridized carbons (Fsp3) is 0.333. The summed E-state index contributed by atoms with van der Waals surface area (Å²) >= 11 is 0. The molecule has 10 heteroatoms. The number of alkyl halides is 3. The van der Waals surface area contributed by atoms with Crippen LogP contribution in [0.25, 0.3) is 0 Å². The Morgan fingerprint density at radius 3 is 2.36 bits per heavy atom. The van der Waals surface area contributed by atoms with E-state index in [1.807, 2.05) is 0 Å². The van der Waals surface area contributed by atoms with Crippen molar-refractivity contribution >= 4 is 15.7 Å². The second kappa shape index (κ2) is 6.87. The van der Waals surface area contributed by atoms with Crippen molar-refractivity contribution in [2.24, 2.45) is 0 Å². The first-order chi connectivity index (χ1) is 11.5. The van der Waals surface area contributed by atoms with Crippen molar-refractivity contribution in [3.05, 3.63) is 48.0 Å².